The molecule has 1 atom stereocenters. The first-order valence-corrected chi connectivity index (χ1v) is 7.15. The molecule has 2 rings (SSSR count). The molecular weight excluding hydrogens is 252 g/mol. The van der Waals surface area contributed by atoms with Crippen LogP contribution >= 0.6 is 0 Å². The molecule has 1 amide bonds. The molecule has 1 aromatic heterocycles. The molecule has 1 aliphatic carbocycles. The van der Waals surface area contributed by atoms with Gasteiger partial charge in [-0.2, -0.15) is 0 Å². The Morgan fingerprint density at radius 2 is 2.15 bits per heavy atom. The van der Waals surface area contributed by atoms with Crippen LogP contribution in [0.1, 0.15) is 18.4 Å². The standard InChI is InChI=1S/C15H24N4O/c1-17-15(14(16)20,13-3-4-13)11-19(2)10-7-12-5-8-18-9-6-12/h5-6,8-9,13,17H,3-4,7,10-11H2,1-2H3,(H2,16,20). The smallest absolute Gasteiger partial charge is 0.239 e. The average Bonchev–Trinajstić information content (AvgIpc) is 3.28. The molecule has 5 heteroatoms. The SMILES string of the molecule is CNC(CN(C)CCc1ccncc1)(C(N)=O)C1CC1. The van der Waals surface area contributed by atoms with Crippen molar-refractivity contribution in [2.75, 3.05) is 27.2 Å². The van der Waals surface area contributed by atoms with Gasteiger partial charge < -0.3 is 16.0 Å². The van der Waals surface area contributed by atoms with E-state index in [2.05, 4.69) is 15.2 Å². The second kappa shape index (κ2) is 6.33. The Morgan fingerprint density at radius 1 is 1.50 bits per heavy atom. The summed E-state index contributed by atoms with van der Waals surface area (Å²) in [6.07, 6.45) is 6.73. The van der Waals surface area contributed by atoms with E-state index in [1.807, 2.05) is 26.2 Å². The van der Waals surface area contributed by atoms with E-state index >= 15 is 0 Å². The number of rotatable bonds is 8. The van der Waals surface area contributed by atoms with Gasteiger partial charge in [-0.3, -0.25) is 9.78 Å². The highest BCUT2D eigenvalue weighted by Crippen LogP contribution is 2.39. The lowest BCUT2D eigenvalue weighted by molar-refractivity contribution is -0.125. The lowest BCUT2D eigenvalue weighted by Crippen LogP contribution is -2.61. The van der Waals surface area contributed by atoms with Gasteiger partial charge in [0.2, 0.25) is 5.91 Å². The summed E-state index contributed by atoms with van der Waals surface area (Å²) in [6, 6.07) is 4.04. The quantitative estimate of drug-likeness (QED) is 0.721. The Kier molecular flexibility index (Phi) is 4.73. The summed E-state index contributed by atoms with van der Waals surface area (Å²) in [5.74, 6) is 0.145. The van der Waals surface area contributed by atoms with Crippen LogP contribution in [0.25, 0.3) is 0 Å². The second-order valence-electron chi connectivity index (χ2n) is 5.70. The summed E-state index contributed by atoms with van der Waals surface area (Å²) < 4.78 is 0. The molecule has 1 aliphatic rings. The van der Waals surface area contributed by atoms with Gasteiger partial charge in [0.1, 0.15) is 5.54 Å². The predicted octanol–water partition coefficient (Wildman–Crippen LogP) is 0.409. The summed E-state index contributed by atoms with van der Waals surface area (Å²) >= 11 is 0. The first-order chi connectivity index (χ1) is 9.58. The Hall–Kier alpha value is -1.46. The molecule has 1 heterocycles. The summed E-state index contributed by atoms with van der Waals surface area (Å²) in [4.78, 5) is 18.1. The molecule has 0 bridgehead atoms. The fraction of sp³-hybridized carbons (Fsp3) is 0.600. The zero-order valence-corrected chi connectivity index (χ0v) is 12.3. The third-order valence-electron chi connectivity index (χ3n) is 4.21. The van der Waals surface area contributed by atoms with Gasteiger partial charge in [0.25, 0.3) is 0 Å². The van der Waals surface area contributed by atoms with Crippen LogP contribution in [0.3, 0.4) is 0 Å². The maximum atomic E-state index is 11.9. The van der Waals surface area contributed by atoms with Crippen molar-refractivity contribution < 1.29 is 4.79 Å². The minimum absolute atomic E-state index is 0.238. The van der Waals surface area contributed by atoms with E-state index in [0.29, 0.717) is 12.5 Å². The van der Waals surface area contributed by atoms with Gasteiger partial charge >= 0.3 is 0 Å². The Morgan fingerprint density at radius 3 is 2.65 bits per heavy atom. The van der Waals surface area contributed by atoms with Crippen molar-refractivity contribution in [3.8, 4) is 0 Å². The van der Waals surface area contributed by atoms with Gasteiger partial charge in [0.15, 0.2) is 0 Å². The highest BCUT2D eigenvalue weighted by molar-refractivity contribution is 5.85. The molecule has 110 valence electrons. The van der Waals surface area contributed by atoms with Crippen LogP contribution in [0.2, 0.25) is 0 Å². The highest BCUT2D eigenvalue weighted by atomic mass is 16.1. The molecule has 0 radical (unpaired) electrons. The Bertz CT molecular complexity index is 446. The number of nitrogens with one attached hydrogen (secondary N) is 1. The third-order valence-corrected chi connectivity index (χ3v) is 4.21. The molecule has 0 aliphatic heterocycles. The molecule has 1 fully saturated rings. The van der Waals surface area contributed by atoms with Crippen molar-refractivity contribution in [2.45, 2.75) is 24.8 Å². The van der Waals surface area contributed by atoms with Crippen LogP contribution in [0.5, 0.6) is 0 Å². The predicted molar refractivity (Wildman–Crippen MR) is 79.1 cm³/mol. The zero-order chi connectivity index (χ0) is 14.6. The molecule has 0 saturated heterocycles. The maximum Gasteiger partial charge on any atom is 0.239 e. The average molecular weight is 276 g/mol. The molecule has 3 N–H and O–H groups in total. The summed E-state index contributed by atoms with van der Waals surface area (Å²) in [5, 5.41) is 3.18. The number of primary amides is 1. The van der Waals surface area contributed by atoms with Gasteiger partial charge in [0.05, 0.1) is 0 Å². The van der Waals surface area contributed by atoms with Crippen LogP contribution in [-0.4, -0.2) is 48.5 Å². The van der Waals surface area contributed by atoms with Crippen molar-refractivity contribution in [3.63, 3.8) is 0 Å². The van der Waals surface area contributed by atoms with Gasteiger partial charge in [-0.25, -0.2) is 0 Å². The topological polar surface area (TPSA) is 71.2 Å². The van der Waals surface area contributed by atoms with Crippen LogP contribution in [-0.2, 0) is 11.2 Å². The van der Waals surface area contributed by atoms with Crippen molar-refractivity contribution in [3.05, 3.63) is 30.1 Å². The van der Waals surface area contributed by atoms with E-state index in [0.717, 1.165) is 25.8 Å². The third kappa shape index (κ3) is 3.35. The van der Waals surface area contributed by atoms with E-state index in [1.165, 1.54) is 5.56 Å². The lowest BCUT2D eigenvalue weighted by atomic mass is 9.91. The second-order valence-corrected chi connectivity index (χ2v) is 5.70. The first kappa shape index (κ1) is 14.9. The fourth-order valence-electron chi connectivity index (χ4n) is 2.76. The number of amides is 1. The van der Waals surface area contributed by atoms with E-state index in [9.17, 15) is 4.79 Å². The number of pyridine rings is 1. The lowest BCUT2D eigenvalue weighted by Gasteiger charge is -2.34. The van der Waals surface area contributed by atoms with Crippen molar-refractivity contribution >= 4 is 5.91 Å². The number of nitrogens with zero attached hydrogens (tertiary/aromatic N) is 2. The van der Waals surface area contributed by atoms with Gasteiger partial charge in [-0.15, -0.1) is 0 Å². The van der Waals surface area contributed by atoms with E-state index in [-0.39, 0.29) is 5.91 Å². The molecule has 20 heavy (non-hydrogen) atoms. The zero-order valence-electron chi connectivity index (χ0n) is 12.3. The molecule has 1 saturated carbocycles. The fourth-order valence-corrected chi connectivity index (χ4v) is 2.76. The van der Waals surface area contributed by atoms with Crippen LogP contribution in [0.15, 0.2) is 24.5 Å². The molecular formula is C15H24N4O. The Balaban J connectivity index is 1.92. The van der Waals surface area contributed by atoms with Crippen molar-refractivity contribution in [2.24, 2.45) is 11.7 Å². The number of hydrogen-bond acceptors (Lipinski definition) is 4. The van der Waals surface area contributed by atoms with E-state index in [1.54, 1.807) is 12.4 Å². The number of carbonyl (C=O) groups excluding carboxylic acids is 1. The number of carbonyl (C=O) groups is 1. The van der Waals surface area contributed by atoms with Crippen LogP contribution < -0.4 is 11.1 Å². The highest BCUT2D eigenvalue weighted by Gasteiger charge is 2.49. The first-order valence-electron chi connectivity index (χ1n) is 7.15. The van der Waals surface area contributed by atoms with Gasteiger partial charge in [0, 0.05) is 25.5 Å². The summed E-state index contributed by atoms with van der Waals surface area (Å²) in [6.45, 7) is 1.56. The molecule has 1 unspecified atom stereocenters. The van der Waals surface area contributed by atoms with Gasteiger partial charge in [-0.1, -0.05) is 0 Å². The normalized spacial score (nSPS) is 17.9. The van der Waals surface area contributed by atoms with Crippen LogP contribution in [0, 0.1) is 5.92 Å². The molecule has 0 aromatic carbocycles. The van der Waals surface area contributed by atoms with Gasteiger partial charge in [-0.05, 0) is 57.0 Å². The monoisotopic (exact) mass is 276 g/mol. The summed E-state index contributed by atoms with van der Waals surface area (Å²) in [5.41, 5.74) is 6.32. The van der Waals surface area contributed by atoms with E-state index in [4.69, 9.17) is 5.73 Å². The Labute approximate surface area is 120 Å². The number of nitrogens with two attached hydrogens (primary N) is 1. The largest absolute Gasteiger partial charge is 0.368 e. The minimum atomic E-state index is -0.576. The number of hydrogen-bond donors (Lipinski definition) is 2. The summed E-state index contributed by atoms with van der Waals surface area (Å²) in [7, 11) is 3.87. The minimum Gasteiger partial charge on any atom is -0.368 e. The maximum absolute atomic E-state index is 11.9. The van der Waals surface area contributed by atoms with Crippen LogP contribution in [0.4, 0.5) is 0 Å². The molecule has 5 nitrogen and oxygen atoms in total. The van der Waals surface area contributed by atoms with Crippen molar-refractivity contribution in [1.82, 2.24) is 15.2 Å². The number of likely N-dealkylation sites (N-methyl/N-ethyl adjacent to an activating group) is 2. The molecule has 0 spiro atoms. The van der Waals surface area contributed by atoms with Crippen molar-refractivity contribution in [1.29, 1.82) is 0 Å². The van der Waals surface area contributed by atoms with E-state index < -0.39 is 5.54 Å². The number of aromatic nitrogens is 1. The molecule has 1 aromatic rings.